The molecule has 2 aromatic rings. The highest BCUT2D eigenvalue weighted by molar-refractivity contribution is 7.99. The van der Waals surface area contributed by atoms with E-state index in [9.17, 15) is 5.26 Å². The molecule has 1 saturated heterocycles. The zero-order chi connectivity index (χ0) is 13.8. The number of hydrogen-bond acceptors (Lipinski definition) is 4. The van der Waals surface area contributed by atoms with Crippen LogP contribution in [0.3, 0.4) is 0 Å². The van der Waals surface area contributed by atoms with Gasteiger partial charge in [0.15, 0.2) is 0 Å². The van der Waals surface area contributed by atoms with Crippen molar-refractivity contribution in [1.29, 1.82) is 5.26 Å². The highest BCUT2D eigenvalue weighted by Crippen LogP contribution is 2.27. The van der Waals surface area contributed by atoms with E-state index in [1.807, 2.05) is 42.5 Å². The molecule has 0 N–H and O–H groups in total. The second-order valence-electron chi connectivity index (χ2n) is 4.32. The summed E-state index contributed by atoms with van der Waals surface area (Å²) in [6.45, 7) is 1.14. The summed E-state index contributed by atoms with van der Waals surface area (Å²) in [5.41, 5.74) is 1.44. The Morgan fingerprint density at radius 3 is 2.45 bits per heavy atom. The number of benzene rings is 2. The van der Waals surface area contributed by atoms with E-state index < -0.39 is 7.12 Å². The highest BCUT2D eigenvalue weighted by Gasteiger charge is 2.31. The molecule has 0 atom stereocenters. The van der Waals surface area contributed by atoms with Gasteiger partial charge in [-0.15, -0.1) is 0 Å². The molecular weight excluding hydrogens is 269 g/mol. The summed E-state index contributed by atoms with van der Waals surface area (Å²) in [5.74, 6) is 0. The lowest BCUT2D eigenvalue weighted by molar-refractivity contribution is 0.365. The molecule has 1 aliphatic heterocycles. The molecule has 2 aromatic carbocycles. The number of rotatable bonds is 3. The van der Waals surface area contributed by atoms with Gasteiger partial charge in [-0.25, -0.2) is 0 Å². The Hall–Kier alpha value is -1.74. The van der Waals surface area contributed by atoms with Crippen LogP contribution in [0.25, 0.3) is 0 Å². The summed E-state index contributed by atoms with van der Waals surface area (Å²) in [6, 6.07) is 18.0. The molecule has 20 heavy (non-hydrogen) atoms. The van der Waals surface area contributed by atoms with Crippen LogP contribution in [0.5, 0.6) is 0 Å². The van der Waals surface area contributed by atoms with Crippen molar-refractivity contribution in [2.24, 2.45) is 0 Å². The van der Waals surface area contributed by atoms with Gasteiger partial charge in [-0.2, -0.15) is 5.26 Å². The average molecular weight is 281 g/mol. The summed E-state index contributed by atoms with van der Waals surface area (Å²) in [4.78, 5) is 2.13. The van der Waals surface area contributed by atoms with Crippen LogP contribution >= 0.6 is 11.8 Å². The monoisotopic (exact) mass is 281 g/mol. The SMILES string of the molecule is N#Cc1cccc(Sc2ccccc2)c1B1OCCO1. The van der Waals surface area contributed by atoms with Gasteiger partial charge in [0, 0.05) is 15.3 Å². The van der Waals surface area contributed by atoms with E-state index in [0.29, 0.717) is 18.8 Å². The third-order valence-electron chi connectivity index (χ3n) is 3.02. The molecule has 1 fully saturated rings. The molecule has 0 aliphatic carbocycles. The van der Waals surface area contributed by atoms with Crippen molar-refractivity contribution in [3.8, 4) is 6.07 Å². The second kappa shape index (κ2) is 6.14. The van der Waals surface area contributed by atoms with Gasteiger partial charge in [-0.1, -0.05) is 36.0 Å². The third-order valence-corrected chi connectivity index (χ3v) is 4.10. The fraction of sp³-hybridized carbons (Fsp3) is 0.133. The lowest BCUT2D eigenvalue weighted by atomic mass is 9.76. The Balaban J connectivity index is 1.99. The summed E-state index contributed by atoms with van der Waals surface area (Å²) in [5, 5.41) is 9.30. The van der Waals surface area contributed by atoms with Crippen LogP contribution in [0.15, 0.2) is 58.3 Å². The van der Waals surface area contributed by atoms with Crippen molar-refractivity contribution < 1.29 is 9.31 Å². The molecule has 3 rings (SSSR count). The van der Waals surface area contributed by atoms with Crippen molar-refractivity contribution >= 4 is 24.3 Å². The van der Waals surface area contributed by atoms with Crippen molar-refractivity contribution in [3.63, 3.8) is 0 Å². The summed E-state index contributed by atoms with van der Waals surface area (Å²) in [6.07, 6.45) is 0. The van der Waals surface area contributed by atoms with Crippen molar-refractivity contribution in [2.45, 2.75) is 9.79 Å². The Morgan fingerprint density at radius 2 is 1.75 bits per heavy atom. The van der Waals surface area contributed by atoms with E-state index >= 15 is 0 Å². The van der Waals surface area contributed by atoms with Gasteiger partial charge in [-0.05, 0) is 24.3 Å². The van der Waals surface area contributed by atoms with Crippen molar-refractivity contribution in [2.75, 3.05) is 13.2 Å². The van der Waals surface area contributed by atoms with E-state index in [-0.39, 0.29) is 0 Å². The molecule has 0 aromatic heterocycles. The molecule has 98 valence electrons. The molecule has 0 radical (unpaired) electrons. The largest absolute Gasteiger partial charge is 0.496 e. The third kappa shape index (κ3) is 2.73. The molecule has 0 spiro atoms. The van der Waals surface area contributed by atoms with Crippen LogP contribution in [0.2, 0.25) is 0 Å². The first-order chi connectivity index (χ1) is 9.88. The first kappa shape index (κ1) is 13.3. The van der Waals surface area contributed by atoms with Crippen LogP contribution in [0.4, 0.5) is 0 Å². The molecule has 1 heterocycles. The normalized spacial score (nSPS) is 14.2. The average Bonchev–Trinajstić information content (AvgIpc) is 3.02. The summed E-state index contributed by atoms with van der Waals surface area (Å²) in [7, 11) is -0.433. The zero-order valence-corrected chi connectivity index (χ0v) is 11.6. The van der Waals surface area contributed by atoms with Gasteiger partial charge in [-0.3, -0.25) is 0 Å². The zero-order valence-electron chi connectivity index (χ0n) is 10.8. The predicted octanol–water partition coefficient (Wildman–Crippen LogP) is 2.45. The molecule has 1 aliphatic rings. The number of nitriles is 1. The maximum atomic E-state index is 9.30. The minimum Gasteiger partial charge on any atom is -0.405 e. The van der Waals surface area contributed by atoms with Gasteiger partial charge in [0.05, 0.1) is 24.8 Å². The standard InChI is InChI=1S/C15H12BNO2S/c17-11-12-5-4-8-14(15(12)16-18-9-10-19-16)20-13-6-2-1-3-7-13/h1-8H,9-10H2. The molecule has 0 saturated carbocycles. The van der Waals surface area contributed by atoms with Crippen LogP contribution in [0.1, 0.15) is 5.56 Å². The predicted molar refractivity (Wildman–Crippen MR) is 79.0 cm³/mol. The van der Waals surface area contributed by atoms with E-state index in [1.54, 1.807) is 17.8 Å². The quantitative estimate of drug-likeness (QED) is 0.810. The topological polar surface area (TPSA) is 42.2 Å². The van der Waals surface area contributed by atoms with Crippen LogP contribution in [-0.2, 0) is 9.31 Å². The fourth-order valence-electron chi connectivity index (χ4n) is 2.11. The molecule has 3 nitrogen and oxygen atoms in total. The number of nitrogens with zero attached hydrogens (tertiary/aromatic N) is 1. The van der Waals surface area contributed by atoms with Gasteiger partial charge in [0.1, 0.15) is 0 Å². The van der Waals surface area contributed by atoms with Gasteiger partial charge in [0.25, 0.3) is 0 Å². The Labute approximate surface area is 122 Å². The van der Waals surface area contributed by atoms with Gasteiger partial charge in [0.2, 0.25) is 0 Å². The Bertz CT molecular complexity index is 636. The molecular formula is C15H12BNO2S. The summed E-state index contributed by atoms with van der Waals surface area (Å²) < 4.78 is 11.1. The first-order valence-electron chi connectivity index (χ1n) is 6.37. The lowest BCUT2D eigenvalue weighted by Gasteiger charge is -2.12. The minimum absolute atomic E-state index is 0.433. The van der Waals surface area contributed by atoms with E-state index in [2.05, 4.69) is 6.07 Å². The van der Waals surface area contributed by atoms with Crippen LogP contribution in [-0.4, -0.2) is 20.3 Å². The Kier molecular flexibility index (Phi) is 4.07. The number of hydrogen-bond donors (Lipinski definition) is 0. The lowest BCUT2D eigenvalue weighted by Crippen LogP contribution is -2.35. The molecule has 0 amide bonds. The summed E-state index contributed by atoms with van der Waals surface area (Å²) >= 11 is 1.62. The maximum Gasteiger partial charge on any atom is 0.496 e. The highest BCUT2D eigenvalue weighted by atomic mass is 32.2. The van der Waals surface area contributed by atoms with Crippen molar-refractivity contribution in [3.05, 3.63) is 54.1 Å². The van der Waals surface area contributed by atoms with E-state index in [0.717, 1.165) is 15.3 Å². The van der Waals surface area contributed by atoms with Gasteiger partial charge < -0.3 is 9.31 Å². The first-order valence-corrected chi connectivity index (χ1v) is 7.19. The van der Waals surface area contributed by atoms with E-state index in [1.165, 1.54) is 0 Å². The van der Waals surface area contributed by atoms with Gasteiger partial charge >= 0.3 is 7.12 Å². The van der Waals surface area contributed by atoms with Crippen LogP contribution < -0.4 is 5.46 Å². The second-order valence-corrected chi connectivity index (χ2v) is 5.43. The fourth-order valence-corrected chi connectivity index (χ4v) is 3.12. The molecule has 0 unspecified atom stereocenters. The molecule has 5 heteroatoms. The minimum atomic E-state index is -0.433. The Morgan fingerprint density at radius 1 is 1.00 bits per heavy atom. The van der Waals surface area contributed by atoms with Crippen molar-refractivity contribution in [1.82, 2.24) is 0 Å². The maximum absolute atomic E-state index is 9.30. The smallest absolute Gasteiger partial charge is 0.405 e. The molecule has 0 bridgehead atoms. The van der Waals surface area contributed by atoms with Crippen LogP contribution in [0, 0.1) is 11.3 Å². The van der Waals surface area contributed by atoms with E-state index in [4.69, 9.17) is 9.31 Å².